The highest BCUT2D eigenvalue weighted by Crippen LogP contribution is 2.23. The van der Waals surface area contributed by atoms with Crippen molar-refractivity contribution < 1.29 is 9.59 Å². The zero-order valence-corrected chi connectivity index (χ0v) is 10.5. The fourth-order valence-electron chi connectivity index (χ4n) is 2.66. The highest BCUT2D eigenvalue weighted by Gasteiger charge is 2.40. The summed E-state index contributed by atoms with van der Waals surface area (Å²) >= 11 is 0. The van der Waals surface area contributed by atoms with Crippen LogP contribution in [0.2, 0.25) is 0 Å². The predicted octanol–water partition coefficient (Wildman–Crippen LogP) is 1.22. The van der Waals surface area contributed by atoms with Gasteiger partial charge in [0.15, 0.2) is 0 Å². The van der Waals surface area contributed by atoms with Crippen LogP contribution in [-0.2, 0) is 9.59 Å². The summed E-state index contributed by atoms with van der Waals surface area (Å²) in [7, 11) is 0. The molecule has 4 nitrogen and oxygen atoms in total. The molecule has 17 heavy (non-hydrogen) atoms. The van der Waals surface area contributed by atoms with Gasteiger partial charge in [0.2, 0.25) is 11.8 Å². The Morgan fingerprint density at radius 3 is 2.59 bits per heavy atom. The first-order valence-corrected chi connectivity index (χ1v) is 6.42. The van der Waals surface area contributed by atoms with E-state index in [1.54, 1.807) is 4.90 Å². The molecule has 1 aliphatic carbocycles. The molecule has 1 saturated heterocycles. The van der Waals surface area contributed by atoms with Crippen molar-refractivity contribution in [2.75, 3.05) is 0 Å². The third-order valence-corrected chi connectivity index (χ3v) is 3.62. The van der Waals surface area contributed by atoms with E-state index in [9.17, 15) is 9.59 Å². The average molecular weight is 236 g/mol. The molecule has 2 atom stereocenters. The van der Waals surface area contributed by atoms with Gasteiger partial charge in [-0.25, -0.2) is 0 Å². The van der Waals surface area contributed by atoms with Crippen LogP contribution in [0.4, 0.5) is 0 Å². The lowest BCUT2D eigenvalue weighted by Crippen LogP contribution is -2.64. The van der Waals surface area contributed by atoms with Gasteiger partial charge in [-0.05, 0) is 26.2 Å². The van der Waals surface area contributed by atoms with Gasteiger partial charge in [-0.2, -0.15) is 0 Å². The Morgan fingerprint density at radius 1 is 1.35 bits per heavy atom. The Morgan fingerprint density at radius 2 is 2.00 bits per heavy atom. The SMILES string of the molecule is CCCC1NC(=O)C(C)N(C2CC=CC2)C1=O. The summed E-state index contributed by atoms with van der Waals surface area (Å²) in [6, 6.07) is -0.465. The lowest BCUT2D eigenvalue weighted by atomic mass is 10.0. The molecule has 94 valence electrons. The van der Waals surface area contributed by atoms with E-state index in [1.165, 1.54) is 0 Å². The van der Waals surface area contributed by atoms with Gasteiger partial charge in [-0.15, -0.1) is 0 Å². The average Bonchev–Trinajstić information content (AvgIpc) is 2.80. The minimum absolute atomic E-state index is 0.0186. The Bertz CT molecular complexity index is 343. The van der Waals surface area contributed by atoms with Crippen molar-refractivity contribution >= 4 is 11.8 Å². The number of rotatable bonds is 3. The van der Waals surface area contributed by atoms with Crippen LogP contribution < -0.4 is 5.32 Å². The summed E-state index contributed by atoms with van der Waals surface area (Å²) in [4.78, 5) is 26.0. The van der Waals surface area contributed by atoms with Gasteiger partial charge in [0, 0.05) is 6.04 Å². The van der Waals surface area contributed by atoms with E-state index in [1.807, 2.05) is 13.8 Å². The first-order chi connectivity index (χ1) is 8.15. The molecule has 0 saturated carbocycles. The Hall–Kier alpha value is -1.32. The van der Waals surface area contributed by atoms with Crippen LogP contribution in [-0.4, -0.2) is 34.8 Å². The second-order valence-electron chi connectivity index (χ2n) is 4.87. The van der Waals surface area contributed by atoms with Crippen LogP contribution in [0, 0.1) is 0 Å². The third kappa shape index (κ3) is 2.21. The van der Waals surface area contributed by atoms with Gasteiger partial charge in [0.05, 0.1) is 0 Å². The first kappa shape index (κ1) is 12.1. The van der Waals surface area contributed by atoms with E-state index in [0.29, 0.717) is 0 Å². The predicted molar refractivity (Wildman–Crippen MR) is 65.3 cm³/mol. The minimum atomic E-state index is -0.333. The van der Waals surface area contributed by atoms with Crippen LogP contribution in [0.3, 0.4) is 0 Å². The van der Waals surface area contributed by atoms with Crippen molar-refractivity contribution in [3.05, 3.63) is 12.2 Å². The molecule has 0 aromatic heterocycles. The quantitative estimate of drug-likeness (QED) is 0.749. The number of piperazine rings is 1. The zero-order chi connectivity index (χ0) is 12.4. The van der Waals surface area contributed by atoms with Gasteiger partial charge in [0.1, 0.15) is 12.1 Å². The molecular formula is C13H20N2O2. The maximum absolute atomic E-state index is 12.3. The van der Waals surface area contributed by atoms with Crippen LogP contribution in [0.25, 0.3) is 0 Å². The van der Waals surface area contributed by atoms with Crippen molar-refractivity contribution in [2.45, 2.75) is 57.7 Å². The zero-order valence-electron chi connectivity index (χ0n) is 10.5. The monoisotopic (exact) mass is 236 g/mol. The molecule has 0 aromatic rings. The number of hydrogen-bond donors (Lipinski definition) is 1. The van der Waals surface area contributed by atoms with E-state index in [-0.39, 0.29) is 29.9 Å². The number of carbonyl (C=O) groups is 2. The third-order valence-electron chi connectivity index (χ3n) is 3.62. The molecule has 0 aromatic carbocycles. The lowest BCUT2D eigenvalue weighted by molar-refractivity contribution is -0.151. The van der Waals surface area contributed by atoms with Crippen molar-refractivity contribution in [3.63, 3.8) is 0 Å². The smallest absolute Gasteiger partial charge is 0.246 e. The highest BCUT2D eigenvalue weighted by molar-refractivity contribution is 5.96. The van der Waals surface area contributed by atoms with Gasteiger partial charge in [-0.1, -0.05) is 25.5 Å². The molecule has 1 aliphatic heterocycles. The van der Waals surface area contributed by atoms with Crippen molar-refractivity contribution in [2.24, 2.45) is 0 Å². The summed E-state index contributed by atoms with van der Waals surface area (Å²) in [6.07, 6.45) is 7.57. The summed E-state index contributed by atoms with van der Waals surface area (Å²) in [5, 5.41) is 2.82. The Kier molecular flexibility index (Phi) is 3.50. The largest absolute Gasteiger partial charge is 0.343 e. The molecule has 2 unspecified atom stereocenters. The second-order valence-corrected chi connectivity index (χ2v) is 4.87. The Balaban J connectivity index is 2.15. The van der Waals surface area contributed by atoms with E-state index >= 15 is 0 Å². The molecule has 0 bridgehead atoms. The molecule has 0 spiro atoms. The van der Waals surface area contributed by atoms with Gasteiger partial charge < -0.3 is 10.2 Å². The fourth-order valence-corrected chi connectivity index (χ4v) is 2.66. The number of carbonyl (C=O) groups excluding carboxylic acids is 2. The normalized spacial score (nSPS) is 29.9. The number of nitrogens with one attached hydrogen (secondary N) is 1. The van der Waals surface area contributed by atoms with Crippen LogP contribution in [0.15, 0.2) is 12.2 Å². The minimum Gasteiger partial charge on any atom is -0.343 e. The van der Waals surface area contributed by atoms with Gasteiger partial charge >= 0.3 is 0 Å². The number of hydrogen-bond acceptors (Lipinski definition) is 2. The molecular weight excluding hydrogens is 216 g/mol. The summed E-state index contributed by atoms with van der Waals surface area (Å²) in [5.74, 6) is 0.0719. The molecule has 2 aliphatic rings. The molecule has 2 rings (SSSR count). The van der Waals surface area contributed by atoms with Crippen molar-refractivity contribution in [1.82, 2.24) is 10.2 Å². The lowest BCUT2D eigenvalue weighted by Gasteiger charge is -2.41. The number of amides is 2. The Labute approximate surface area is 102 Å². The van der Waals surface area contributed by atoms with E-state index in [2.05, 4.69) is 17.5 Å². The van der Waals surface area contributed by atoms with E-state index < -0.39 is 0 Å². The molecule has 1 heterocycles. The number of nitrogens with zero attached hydrogens (tertiary/aromatic N) is 1. The van der Waals surface area contributed by atoms with Crippen LogP contribution in [0.1, 0.15) is 39.5 Å². The van der Waals surface area contributed by atoms with Gasteiger partial charge in [0.25, 0.3) is 0 Å². The molecule has 1 fully saturated rings. The topological polar surface area (TPSA) is 49.4 Å². The van der Waals surface area contributed by atoms with Crippen molar-refractivity contribution in [3.8, 4) is 0 Å². The maximum Gasteiger partial charge on any atom is 0.246 e. The first-order valence-electron chi connectivity index (χ1n) is 6.42. The second kappa shape index (κ2) is 4.90. The van der Waals surface area contributed by atoms with Crippen LogP contribution in [0.5, 0.6) is 0 Å². The van der Waals surface area contributed by atoms with Gasteiger partial charge in [-0.3, -0.25) is 9.59 Å². The molecule has 0 radical (unpaired) electrons. The standard InChI is InChI=1S/C13H20N2O2/c1-3-6-11-13(17)15(9(2)12(16)14-11)10-7-4-5-8-10/h4-5,9-11H,3,6-8H2,1-2H3,(H,14,16). The molecule has 1 N–H and O–H groups in total. The maximum atomic E-state index is 12.3. The van der Waals surface area contributed by atoms with Crippen LogP contribution >= 0.6 is 0 Å². The molecule has 2 amide bonds. The van der Waals surface area contributed by atoms with E-state index in [4.69, 9.17) is 0 Å². The highest BCUT2D eigenvalue weighted by atomic mass is 16.2. The van der Waals surface area contributed by atoms with Crippen molar-refractivity contribution in [1.29, 1.82) is 0 Å². The summed E-state index contributed by atoms with van der Waals surface area (Å²) < 4.78 is 0. The summed E-state index contributed by atoms with van der Waals surface area (Å²) in [5.41, 5.74) is 0. The summed E-state index contributed by atoms with van der Waals surface area (Å²) in [6.45, 7) is 3.84. The molecule has 4 heteroatoms. The van der Waals surface area contributed by atoms with E-state index in [0.717, 1.165) is 25.7 Å². The fraction of sp³-hybridized carbons (Fsp3) is 0.692.